The summed E-state index contributed by atoms with van der Waals surface area (Å²) in [4.78, 5) is 23.8. The number of nitrogens with one attached hydrogen (secondary N) is 1. The molecule has 136 valence electrons. The number of benzene rings is 1. The third-order valence-corrected chi connectivity index (χ3v) is 4.64. The van der Waals surface area contributed by atoms with E-state index in [1.165, 1.54) is 0 Å². The number of ether oxygens (including phenoxy) is 1. The number of fused-ring (bicyclic) bond motifs is 1. The lowest BCUT2D eigenvalue weighted by Crippen LogP contribution is -2.44. The van der Waals surface area contributed by atoms with Crippen LogP contribution in [0.4, 0.5) is 0 Å². The van der Waals surface area contributed by atoms with Crippen LogP contribution in [0, 0.1) is 19.8 Å². The van der Waals surface area contributed by atoms with Crippen molar-refractivity contribution in [1.82, 2.24) is 9.88 Å². The van der Waals surface area contributed by atoms with Gasteiger partial charge in [0.05, 0.1) is 6.61 Å². The van der Waals surface area contributed by atoms with Gasteiger partial charge in [-0.15, -0.1) is 0 Å². The molecule has 0 saturated carbocycles. The van der Waals surface area contributed by atoms with E-state index in [0.29, 0.717) is 12.2 Å². The van der Waals surface area contributed by atoms with Gasteiger partial charge in [-0.05, 0) is 43.5 Å². The van der Waals surface area contributed by atoms with E-state index in [1.54, 1.807) is 27.0 Å². The van der Waals surface area contributed by atoms with Gasteiger partial charge in [-0.1, -0.05) is 13.8 Å². The maximum absolute atomic E-state index is 12.5. The number of hydrogen-bond acceptors (Lipinski definition) is 3. The quantitative estimate of drug-likeness (QED) is 0.808. The number of aromatic nitrogens is 1. The maximum Gasteiger partial charge on any atom is 0.326 e. The Morgan fingerprint density at radius 3 is 2.52 bits per heavy atom. The standard InChI is InChI=1S/C19H26N2O4/c1-11(2)17(19(23)24)20-18(22)14-6-7-16-15(10-14)12(3)13(4)21(16)8-9-25-5/h6-7,10-11,17H,8-9H2,1-5H3,(H,20,22)(H,23,24)/t17-/m1/s1. The minimum absolute atomic E-state index is 0.190. The van der Waals surface area contributed by atoms with Crippen LogP contribution in [0.1, 0.15) is 35.5 Å². The van der Waals surface area contributed by atoms with Crippen molar-refractivity contribution in [3.05, 3.63) is 35.0 Å². The molecular formula is C19H26N2O4. The predicted octanol–water partition coefficient (Wildman–Crippen LogP) is 2.74. The lowest BCUT2D eigenvalue weighted by atomic mass is 10.0. The Labute approximate surface area is 147 Å². The fourth-order valence-corrected chi connectivity index (χ4v) is 3.00. The van der Waals surface area contributed by atoms with E-state index >= 15 is 0 Å². The van der Waals surface area contributed by atoms with Crippen LogP contribution in [-0.2, 0) is 16.1 Å². The van der Waals surface area contributed by atoms with Crippen molar-refractivity contribution in [3.8, 4) is 0 Å². The fraction of sp³-hybridized carbons (Fsp3) is 0.474. The Kier molecular flexibility index (Phi) is 5.85. The molecule has 0 unspecified atom stereocenters. The molecule has 0 fully saturated rings. The highest BCUT2D eigenvalue weighted by molar-refractivity contribution is 6.00. The molecule has 2 N–H and O–H groups in total. The third-order valence-electron chi connectivity index (χ3n) is 4.64. The first-order valence-electron chi connectivity index (χ1n) is 8.40. The Morgan fingerprint density at radius 2 is 1.96 bits per heavy atom. The van der Waals surface area contributed by atoms with Gasteiger partial charge in [-0.3, -0.25) is 4.79 Å². The maximum atomic E-state index is 12.5. The van der Waals surface area contributed by atoms with Gasteiger partial charge in [0.15, 0.2) is 0 Å². The molecular weight excluding hydrogens is 320 g/mol. The van der Waals surface area contributed by atoms with Crippen LogP contribution >= 0.6 is 0 Å². The average Bonchev–Trinajstić information content (AvgIpc) is 2.80. The van der Waals surface area contributed by atoms with Gasteiger partial charge in [0, 0.05) is 35.8 Å². The third kappa shape index (κ3) is 3.85. The largest absolute Gasteiger partial charge is 0.480 e. The minimum atomic E-state index is -1.03. The smallest absolute Gasteiger partial charge is 0.326 e. The molecule has 0 aliphatic rings. The first-order valence-corrected chi connectivity index (χ1v) is 8.40. The SMILES string of the molecule is COCCn1c(C)c(C)c2cc(C(=O)N[C@@H](C(=O)O)C(C)C)ccc21. The second-order valence-corrected chi connectivity index (χ2v) is 6.62. The topological polar surface area (TPSA) is 80.6 Å². The zero-order chi connectivity index (χ0) is 18.7. The molecule has 1 aromatic carbocycles. The van der Waals surface area contributed by atoms with E-state index in [2.05, 4.69) is 9.88 Å². The van der Waals surface area contributed by atoms with Crippen molar-refractivity contribution < 1.29 is 19.4 Å². The first-order chi connectivity index (χ1) is 11.8. The highest BCUT2D eigenvalue weighted by Gasteiger charge is 2.24. The van der Waals surface area contributed by atoms with Crippen LogP contribution in [0.25, 0.3) is 10.9 Å². The van der Waals surface area contributed by atoms with Crippen LogP contribution in [-0.4, -0.2) is 41.3 Å². The summed E-state index contributed by atoms with van der Waals surface area (Å²) in [5, 5.41) is 12.9. The van der Waals surface area contributed by atoms with Gasteiger partial charge in [-0.25, -0.2) is 4.79 Å². The molecule has 6 nitrogen and oxygen atoms in total. The summed E-state index contributed by atoms with van der Waals surface area (Å²) in [6.07, 6.45) is 0. The molecule has 1 aromatic heterocycles. The van der Waals surface area contributed by atoms with Crippen molar-refractivity contribution in [3.63, 3.8) is 0 Å². The number of carboxylic acids is 1. The molecule has 6 heteroatoms. The van der Waals surface area contributed by atoms with Crippen molar-refractivity contribution in [2.24, 2.45) is 5.92 Å². The minimum Gasteiger partial charge on any atom is -0.480 e. The Hall–Kier alpha value is -2.34. The fourth-order valence-electron chi connectivity index (χ4n) is 3.00. The highest BCUT2D eigenvalue weighted by atomic mass is 16.5. The number of aryl methyl sites for hydroxylation is 1. The Bertz CT molecular complexity index is 792. The van der Waals surface area contributed by atoms with E-state index < -0.39 is 12.0 Å². The first kappa shape index (κ1) is 19.0. The molecule has 2 aromatic rings. The normalized spacial score (nSPS) is 12.6. The van der Waals surface area contributed by atoms with E-state index in [9.17, 15) is 14.7 Å². The zero-order valence-electron chi connectivity index (χ0n) is 15.4. The molecule has 2 rings (SSSR count). The van der Waals surface area contributed by atoms with Crippen LogP contribution < -0.4 is 5.32 Å². The van der Waals surface area contributed by atoms with Gasteiger partial charge in [0.25, 0.3) is 5.91 Å². The van der Waals surface area contributed by atoms with Crippen molar-refractivity contribution in [2.75, 3.05) is 13.7 Å². The van der Waals surface area contributed by atoms with Crippen molar-refractivity contribution in [2.45, 2.75) is 40.3 Å². The summed E-state index contributed by atoms with van der Waals surface area (Å²) in [7, 11) is 1.67. The number of hydrogen-bond donors (Lipinski definition) is 2. The van der Waals surface area contributed by atoms with Gasteiger partial charge >= 0.3 is 5.97 Å². The lowest BCUT2D eigenvalue weighted by molar-refractivity contribution is -0.140. The molecule has 1 atom stereocenters. The molecule has 0 aliphatic heterocycles. The van der Waals surface area contributed by atoms with Crippen molar-refractivity contribution in [1.29, 1.82) is 0 Å². The molecule has 0 bridgehead atoms. The van der Waals surface area contributed by atoms with Crippen LogP contribution in [0.3, 0.4) is 0 Å². The average molecular weight is 346 g/mol. The monoisotopic (exact) mass is 346 g/mol. The summed E-state index contributed by atoms with van der Waals surface area (Å²) in [6, 6.07) is 4.57. The number of carbonyl (C=O) groups is 2. The molecule has 1 amide bonds. The number of methoxy groups -OCH3 is 1. The predicted molar refractivity (Wildman–Crippen MR) is 97.0 cm³/mol. The summed E-state index contributed by atoms with van der Waals surface area (Å²) in [5.74, 6) is -1.59. The number of amides is 1. The Morgan fingerprint density at radius 1 is 1.28 bits per heavy atom. The van der Waals surface area contributed by atoms with Gasteiger partial charge in [0.2, 0.25) is 0 Å². The highest BCUT2D eigenvalue weighted by Crippen LogP contribution is 2.26. The van der Waals surface area contributed by atoms with E-state index in [0.717, 1.165) is 28.7 Å². The number of rotatable bonds is 7. The molecule has 25 heavy (non-hydrogen) atoms. The molecule has 0 saturated heterocycles. The molecule has 0 radical (unpaired) electrons. The van der Waals surface area contributed by atoms with Gasteiger partial charge in [0.1, 0.15) is 6.04 Å². The lowest BCUT2D eigenvalue weighted by Gasteiger charge is -2.18. The number of nitrogens with zero attached hydrogens (tertiary/aromatic N) is 1. The van der Waals surface area contributed by atoms with Crippen molar-refractivity contribution >= 4 is 22.8 Å². The summed E-state index contributed by atoms with van der Waals surface area (Å²) < 4.78 is 7.34. The van der Waals surface area contributed by atoms with Gasteiger partial charge in [-0.2, -0.15) is 0 Å². The summed E-state index contributed by atoms with van der Waals surface area (Å²) in [5.41, 5.74) is 3.75. The van der Waals surface area contributed by atoms with E-state index in [4.69, 9.17) is 4.74 Å². The van der Waals surface area contributed by atoms with E-state index in [-0.39, 0.29) is 11.8 Å². The van der Waals surface area contributed by atoms with E-state index in [1.807, 2.05) is 26.0 Å². The number of carboxylic acid groups (broad SMARTS) is 1. The molecule has 1 heterocycles. The van der Waals surface area contributed by atoms with Crippen LogP contribution in [0.15, 0.2) is 18.2 Å². The number of carbonyl (C=O) groups excluding carboxylic acids is 1. The molecule has 0 aliphatic carbocycles. The number of aliphatic carboxylic acids is 1. The summed E-state index contributed by atoms with van der Waals surface area (Å²) in [6.45, 7) is 8.96. The Balaban J connectivity index is 2.36. The second kappa shape index (κ2) is 7.70. The zero-order valence-corrected chi connectivity index (χ0v) is 15.4. The second-order valence-electron chi connectivity index (χ2n) is 6.62. The van der Waals surface area contributed by atoms with Crippen LogP contribution in [0.2, 0.25) is 0 Å². The molecule has 0 spiro atoms. The van der Waals surface area contributed by atoms with Gasteiger partial charge < -0.3 is 19.7 Å². The summed E-state index contributed by atoms with van der Waals surface area (Å²) >= 11 is 0. The van der Waals surface area contributed by atoms with Crippen LogP contribution in [0.5, 0.6) is 0 Å².